The molecular weight excluding hydrogens is 372 g/mol. The normalized spacial score (nSPS) is 16.4. The number of halogens is 1. The molecule has 6 heteroatoms. The van der Waals surface area contributed by atoms with Crippen molar-refractivity contribution in [3.05, 3.63) is 70.2 Å². The van der Waals surface area contributed by atoms with Gasteiger partial charge in [0.15, 0.2) is 5.82 Å². The van der Waals surface area contributed by atoms with E-state index >= 15 is 0 Å². The predicted molar refractivity (Wildman–Crippen MR) is 113 cm³/mol. The minimum absolute atomic E-state index is 0.00627. The van der Waals surface area contributed by atoms with Crippen LogP contribution in [0.4, 0.5) is 5.82 Å². The lowest BCUT2D eigenvalue weighted by atomic mass is 10.0. The van der Waals surface area contributed by atoms with Crippen molar-refractivity contribution < 1.29 is 4.79 Å². The predicted octanol–water partition coefficient (Wildman–Crippen LogP) is 4.36. The number of carbonyl (C=O) groups is 1. The van der Waals surface area contributed by atoms with Crippen molar-refractivity contribution in [3.63, 3.8) is 0 Å². The van der Waals surface area contributed by atoms with Crippen molar-refractivity contribution in [3.8, 4) is 11.3 Å². The van der Waals surface area contributed by atoms with Gasteiger partial charge in [0.2, 0.25) is 0 Å². The molecule has 1 atom stereocenters. The zero-order chi connectivity index (χ0) is 19.7. The molecule has 3 aromatic rings. The van der Waals surface area contributed by atoms with E-state index in [-0.39, 0.29) is 11.9 Å². The minimum Gasteiger partial charge on any atom is -0.353 e. The molecule has 1 saturated heterocycles. The van der Waals surface area contributed by atoms with Gasteiger partial charge in [-0.2, -0.15) is 5.10 Å². The monoisotopic (exact) mass is 394 g/mol. The number of nitrogens with one attached hydrogen (secondary N) is 2. The molecule has 2 heterocycles. The number of amides is 1. The van der Waals surface area contributed by atoms with Gasteiger partial charge in [0.25, 0.3) is 5.91 Å². The van der Waals surface area contributed by atoms with Gasteiger partial charge < -0.3 is 10.2 Å². The summed E-state index contributed by atoms with van der Waals surface area (Å²) in [5.41, 5.74) is 4.91. The Bertz CT molecular complexity index is 996. The molecule has 1 amide bonds. The third kappa shape index (κ3) is 3.90. The zero-order valence-corrected chi connectivity index (χ0v) is 16.8. The Labute approximate surface area is 169 Å². The average molecular weight is 395 g/mol. The first-order chi connectivity index (χ1) is 13.5. The molecule has 1 unspecified atom stereocenters. The van der Waals surface area contributed by atoms with Crippen LogP contribution < -0.4 is 10.2 Å². The molecule has 0 spiro atoms. The Morgan fingerprint density at radius 1 is 1.18 bits per heavy atom. The van der Waals surface area contributed by atoms with E-state index in [4.69, 9.17) is 11.6 Å². The molecule has 144 valence electrons. The van der Waals surface area contributed by atoms with E-state index in [1.807, 2.05) is 62.4 Å². The lowest BCUT2D eigenvalue weighted by Gasteiger charge is -2.16. The van der Waals surface area contributed by atoms with Crippen LogP contribution >= 0.6 is 11.6 Å². The molecule has 1 aromatic heterocycles. The van der Waals surface area contributed by atoms with Crippen molar-refractivity contribution in [2.75, 3.05) is 18.0 Å². The molecule has 1 aliphatic rings. The topological polar surface area (TPSA) is 61.0 Å². The van der Waals surface area contributed by atoms with Gasteiger partial charge in [-0.15, -0.1) is 0 Å². The van der Waals surface area contributed by atoms with Gasteiger partial charge >= 0.3 is 0 Å². The number of benzene rings is 2. The molecule has 0 radical (unpaired) electrons. The lowest BCUT2D eigenvalue weighted by molar-refractivity contribution is 0.0940. The van der Waals surface area contributed by atoms with Gasteiger partial charge in [-0.1, -0.05) is 41.4 Å². The maximum atomic E-state index is 12.6. The number of hydrogen-bond acceptors (Lipinski definition) is 3. The fourth-order valence-electron chi connectivity index (χ4n) is 3.67. The van der Waals surface area contributed by atoms with E-state index in [1.54, 1.807) is 0 Å². The fourth-order valence-corrected chi connectivity index (χ4v) is 3.79. The van der Waals surface area contributed by atoms with Crippen molar-refractivity contribution in [1.82, 2.24) is 15.5 Å². The summed E-state index contributed by atoms with van der Waals surface area (Å²) in [6, 6.07) is 15.7. The second-order valence-corrected chi connectivity index (χ2v) is 7.81. The second-order valence-electron chi connectivity index (χ2n) is 7.37. The molecule has 1 aliphatic heterocycles. The molecular formula is C22H23ClN4O. The molecule has 0 saturated carbocycles. The Hall–Kier alpha value is -2.79. The number of carbonyl (C=O) groups excluding carboxylic acids is 1. The van der Waals surface area contributed by atoms with Crippen LogP contribution in [-0.4, -0.2) is 35.2 Å². The number of rotatable bonds is 4. The molecule has 5 nitrogen and oxygen atoms in total. The van der Waals surface area contributed by atoms with E-state index in [2.05, 4.69) is 20.4 Å². The van der Waals surface area contributed by atoms with E-state index in [9.17, 15) is 4.79 Å². The Morgan fingerprint density at radius 2 is 1.96 bits per heavy atom. The van der Waals surface area contributed by atoms with Crippen molar-refractivity contribution in [1.29, 1.82) is 0 Å². The highest BCUT2D eigenvalue weighted by molar-refractivity contribution is 6.30. The molecule has 28 heavy (non-hydrogen) atoms. The van der Waals surface area contributed by atoms with E-state index in [0.717, 1.165) is 53.3 Å². The summed E-state index contributed by atoms with van der Waals surface area (Å²) >= 11 is 5.96. The largest absolute Gasteiger partial charge is 0.353 e. The van der Waals surface area contributed by atoms with Crippen molar-refractivity contribution in [2.45, 2.75) is 26.3 Å². The first-order valence-corrected chi connectivity index (χ1v) is 9.82. The van der Waals surface area contributed by atoms with E-state index in [0.29, 0.717) is 5.02 Å². The second kappa shape index (κ2) is 7.68. The summed E-state index contributed by atoms with van der Waals surface area (Å²) in [6.07, 6.45) is 0.903. The van der Waals surface area contributed by atoms with Crippen LogP contribution in [-0.2, 0) is 0 Å². The number of hydrogen-bond donors (Lipinski definition) is 2. The number of aromatic amines is 1. The highest BCUT2D eigenvalue weighted by Crippen LogP contribution is 2.25. The van der Waals surface area contributed by atoms with Crippen LogP contribution in [0, 0.1) is 13.8 Å². The number of nitrogens with zero attached hydrogens (tertiary/aromatic N) is 2. The lowest BCUT2D eigenvalue weighted by Crippen LogP contribution is -2.37. The number of aryl methyl sites for hydroxylation is 2. The summed E-state index contributed by atoms with van der Waals surface area (Å²) < 4.78 is 0. The summed E-state index contributed by atoms with van der Waals surface area (Å²) in [6.45, 7) is 5.63. The maximum absolute atomic E-state index is 12.6. The van der Waals surface area contributed by atoms with Gasteiger partial charge in [-0.3, -0.25) is 9.89 Å². The van der Waals surface area contributed by atoms with Crippen LogP contribution in [0.5, 0.6) is 0 Å². The van der Waals surface area contributed by atoms with E-state index < -0.39 is 0 Å². The number of aromatic nitrogens is 2. The van der Waals surface area contributed by atoms with Crippen LogP contribution in [0.1, 0.15) is 27.9 Å². The highest BCUT2D eigenvalue weighted by atomic mass is 35.5. The quantitative estimate of drug-likeness (QED) is 0.691. The van der Waals surface area contributed by atoms with Crippen molar-refractivity contribution >= 4 is 23.3 Å². The van der Waals surface area contributed by atoms with Gasteiger partial charge in [0.05, 0.1) is 5.69 Å². The van der Waals surface area contributed by atoms with Gasteiger partial charge in [0.1, 0.15) is 0 Å². The molecule has 0 aliphatic carbocycles. The van der Waals surface area contributed by atoms with Gasteiger partial charge in [-0.05, 0) is 49.6 Å². The molecule has 1 fully saturated rings. The number of H-pyrrole nitrogens is 1. The van der Waals surface area contributed by atoms with Crippen LogP contribution in [0.25, 0.3) is 11.3 Å². The summed E-state index contributed by atoms with van der Waals surface area (Å²) in [5, 5.41) is 11.4. The molecule has 2 N–H and O–H groups in total. The third-order valence-corrected chi connectivity index (χ3v) is 5.45. The first-order valence-electron chi connectivity index (χ1n) is 9.44. The minimum atomic E-state index is -0.00627. The van der Waals surface area contributed by atoms with E-state index in [1.165, 1.54) is 0 Å². The molecule has 0 bridgehead atoms. The molecule has 4 rings (SSSR count). The third-order valence-electron chi connectivity index (χ3n) is 5.19. The van der Waals surface area contributed by atoms with Gasteiger partial charge in [0, 0.05) is 35.8 Å². The Kier molecular flexibility index (Phi) is 5.09. The van der Waals surface area contributed by atoms with Crippen LogP contribution in [0.3, 0.4) is 0 Å². The maximum Gasteiger partial charge on any atom is 0.251 e. The Balaban J connectivity index is 1.40. The SMILES string of the molecule is Cc1ccc(C(=O)NC2CCN(c3cc(-c4ccc(Cl)cc4)[nH]n3)C2)c(C)c1. The summed E-state index contributed by atoms with van der Waals surface area (Å²) in [7, 11) is 0. The van der Waals surface area contributed by atoms with Crippen LogP contribution in [0.2, 0.25) is 5.02 Å². The first kappa shape index (κ1) is 18.6. The standard InChI is InChI=1S/C22H23ClN4O/c1-14-3-8-19(15(2)11-14)22(28)24-18-9-10-27(13-18)21-12-20(25-26-21)16-4-6-17(23)7-5-16/h3-8,11-12,18H,9-10,13H2,1-2H3,(H,24,28)(H,25,26). The highest BCUT2D eigenvalue weighted by Gasteiger charge is 2.26. The summed E-state index contributed by atoms with van der Waals surface area (Å²) in [4.78, 5) is 14.8. The number of anilines is 1. The van der Waals surface area contributed by atoms with Crippen LogP contribution in [0.15, 0.2) is 48.5 Å². The van der Waals surface area contributed by atoms with Crippen molar-refractivity contribution in [2.24, 2.45) is 0 Å². The average Bonchev–Trinajstić information content (AvgIpc) is 3.31. The van der Waals surface area contributed by atoms with Gasteiger partial charge in [-0.25, -0.2) is 0 Å². The molecule has 2 aromatic carbocycles. The Morgan fingerprint density at radius 3 is 2.71 bits per heavy atom. The fraction of sp³-hybridized carbons (Fsp3) is 0.273. The zero-order valence-electron chi connectivity index (χ0n) is 16.0. The summed E-state index contributed by atoms with van der Waals surface area (Å²) in [5.74, 6) is 0.890. The smallest absolute Gasteiger partial charge is 0.251 e.